The molecule has 1 rings (SSSR count). The SMILES string of the molecule is CCOC(=O)C(C)c1ccc(O)c(N=O)c1. The van der Waals surface area contributed by atoms with E-state index in [1.54, 1.807) is 19.9 Å². The quantitative estimate of drug-likeness (QED) is 0.628. The van der Waals surface area contributed by atoms with Crippen LogP contribution in [0.2, 0.25) is 0 Å². The molecule has 0 aliphatic rings. The number of carbonyl (C=O) groups excluding carboxylic acids is 1. The Morgan fingerprint density at radius 2 is 2.25 bits per heavy atom. The van der Waals surface area contributed by atoms with E-state index in [2.05, 4.69) is 5.18 Å². The van der Waals surface area contributed by atoms with Crippen molar-refractivity contribution in [3.63, 3.8) is 0 Å². The lowest BCUT2D eigenvalue weighted by atomic mass is 10.0. The Bertz CT molecular complexity index is 403. The van der Waals surface area contributed by atoms with Gasteiger partial charge in [-0.3, -0.25) is 4.79 Å². The third-order valence-electron chi connectivity index (χ3n) is 2.24. The average Bonchev–Trinajstić information content (AvgIpc) is 2.29. The molecule has 0 radical (unpaired) electrons. The normalized spacial score (nSPS) is 11.9. The zero-order valence-electron chi connectivity index (χ0n) is 9.14. The standard InChI is InChI=1S/C11H13NO4/c1-3-16-11(14)7(2)8-4-5-10(13)9(6-8)12-15/h4-7,13H,3H2,1-2H3. The fourth-order valence-corrected chi connectivity index (χ4v) is 1.29. The molecule has 0 aliphatic carbocycles. The first-order valence-electron chi connectivity index (χ1n) is 4.93. The molecular weight excluding hydrogens is 210 g/mol. The van der Waals surface area contributed by atoms with Crippen LogP contribution in [0.1, 0.15) is 25.3 Å². The summed E-state index contributed by atoms with van der Waals surface area (Å²) < 4.78 is 4.85. The van der Waals surface area contributed by atoms with Gasteiger partial charge in [0.25, 0.3) is 0 Å². The van der Waals surface area contributed by atoms with Crippen LogP contribution in [0.25, 0.3) is 0 Å². The third kappa shape index (κ3) is 2.56. The smallest absolute Gasteiger partial charge is 0.313 e. The zero-order valence-corrected chi connectivity index (χ0v) is 9.14. The molecule has 1 aromatic rings. The van der Waals surface area contributed by atoms with Gasteiger partial charge in [-0.15, -0.1) is 4.91 Å². The minimum Gasteiger partial charge on any atom is -0.506 e. The first-order chi connectivity index (χ1) is 7.60. The highest BCUT2D eigenvalue weighted by atomic mass is 16.5. The second-order valence-corrected chi connectivity index (χ2v) is 3.31. The highest BCUT2D eigenvalue weighted by molar-refractivity contribution is 5.78. The van der Waals surface area contributed by atoms with Gasteiger partial charge in [-0.05, 0) is 36.7 Å². The summed E-state index contributed by atoms with van der Waals surface area (Å²) in [6.45, 7) is 3.69. The maximum atomic E-state index is 11.4. The van der Waals surface area contributed by atoms with E-state index in [4.69, 9.17) is 4.74 Å². The van der Waals surface area contributed by atoms with E-state index in [1.165, 1.54) is 12.1 Å². The minimum absolute atomic E-state index is 0.0753. The van der Waals surface area contributed by atoms with Crippen molar-refractivity contribution >= 4 is 11.7 Å². The number of rotatable bonds is 4. The lowest BCUT2D eigenvalue weighted by Gasteiger charge is -2.11. The van der Waals surface area contributed by atoms with Gasteiger partial charge in [-0.1, -0.05) is 6.07 Å². The predicted octanol–water partition coefficient (Wildman–Crippen LogP) is 2.46. The number of ether oxygens (including phenoxy) is 1. The summed E-state index contributed by atoms with van der Waals surface area (Å²) in [5.41, 5.74) is 0.513. The molecule has 1 atom stereocenters. The fraction of sp³-hybridized carbons (Fsp3) is 0.364. The van der Waals surface area contributed by atoms with Gasteiger partial charge in [0, 0.05) is 0 Å². The highest BCUT2D eigenvalue weighted by Gasteiger charge is 2.17. The molecule has 1 N–H and O–H groups in total. The van der Waals surface area contributed by atoms with Gasteiger partial charge in [0.15, 0.2) is 0 Å². The topological polar surface area (TPSA) is 76.0 Å². The van der Waals surface area contributed by atoms with Gasteiger partial charge in [0.2, 0.25) is 0 Å². The summed E-state index contributed by atoms with van der Waals surface area (Å²) in [5.74, 6) is -1.05. The van der Waals surface area contributed by atoms with Gasteiger partial charge in [0.05, 0.1) is 12.5 Å². The van der Waals surface area contributed by atoms with Gasteiger partial charge < -0.3 is 9.84 Å². The van der Waals surface area contributed by atoms with Crippen LogP contribution >= 0.6 is 0 Å². The Morgan fingerprint density at radius 3 is 2.81 bits per heavy atom. The summed E-state index contributed by atoms with van der Waals surface area (Å²) in [6, 6.07) is 4.28. The Kier molecular flexibility index (Phi) is 3.99. The summed E-state index contributed by atoms with van der Waals surface area (Å²) in [7, 11) is 0. The van der Waals surface area contributed by atoms with Crippen molar-refractivity contribution in [2.24, 2.45) is 5.18 Å². The van der Waals surface area contributed by atoms with Gasteiger partial charge >= 0.3 is 5.97 Å². The number of aromatic hydroxyl groups is 1. The third-order valence-corrected chi connectivity index (χ3v) is 2.24. The van der Waals surface area contributed by atoms with E-state index in [-0.39, 0.29) is 17.4 Å². The molecule has 86 valence electrons. The Hall–Kier alpha value is -1.91. The van der Waals surface area contributed by atoms with Crippen LogP contribution in [0.4, 0.5) is 5.69 Å². The van der Waals surface area contributed by atoms with Crippen LogP contribution in [0.15, 0.2) is 23.4 Å². The van der Waals surface area contributed by atoms with Crippen molar-refractivity contribution in [1.82, 2.24) is 0 Å². The first-order valence-corrected chi connectivity index (χ1v) is 4.93. The van der Waals surface area contributed by atoms with Crippen LogP contribution in [-0.4, -0.2) is 17.7 Å². The van der Waals surface area contributed by atoms with E-state index in [9.17, 15) is 14.8 Å². The first kappa shape index (κ1) is 12.2. The molecule has 0 aromatic heterocycles. The number of nitroso groups, excluding NO2 is 1. The van der Waals surface area contributed by atoms with E-state index in [0.717, 1.165) is 0 Å². The molecule has 0 saturated heterocycles. The molecule has 1 unspecified atom stereocenters. The number of nitrogens with zero attached hydrogens (tertiary/aromatic N) is 1. The lowest BCUT2D eigenvalue weighted by Crippen LogP contribution is -2.12. The van der Waals surface area contributed by atoms with Crippen LogP contribution < -0.4 is 0 Å². The summed E-state index contributed by atoms with van der Waals surface area (Å²) in [5, 5.41) is 11.9. The van der Waals surface area contributed by atoms with Gasteiger partial charge in [0.1, 0.15) is 11.4 Å². The molecule has 0 heterocycles. The fourth-order valence-electron chi connectivity index (χ4n) is 1.29. The maximum absolute atomic E-state index is 11.4. The number of benzene rings is 1. The lowest BCUT2D eigenvalue weighted by molar-refractivity contribution is -0.144. The zero-order chi connectivity index (χ0) is 12.1. The van der Waals surface area contributed by atoms with Crippen molar-refractivity contribution in [3.8, 4) is 5.75 Å². The molecule has 0 saturated carbocycles. The largest absolute Gasteiger partial charge is 0.506 e. The second kappa shape index (κ2) is 5.25. The molecule has 1 aromatic carbocycles. The molecule has 0 spiro atoms. The number of esters is 1. The van der Waals surface area contributed by atoms with Crippen molar-refractivity contribution in [2.45, 2.75) is 19.8 Å². The maximum Gasteiger partial charge on any atom is 0.313 e. The minimum atomic E-state index is -0.485. The molecule has 5 nitrogen and oxygen atoms in total. The number of hydrogen-bond acceptors (Lipinski definition) is 5. The molecule has 5 heteroatoms. The monoisotopic (exact) mass is 223 g/mol. The molecule has 0 fully saturated rings. The Morgan fingerprint density at radius 1 is 1.56 bits per heavy atom. The number of phenols is 1. The number of phenolic OH excluding ortho intramolecular Hbond substituents is 1. The molecule has 16 heavy (non-hydrogen) atoms. The number of carbonyl (C=O) groups is 1. The Labute approximate surface area is 93.0 Å². The van der Waals surface area contributed by atoms with Crippen molar-refractivity contribution in [1.29, 1.82) is 0 Å². The van der Waals surface area contributed by atoms with Gasteiger partial charge in [-0.2, -0.15) is 0 Å². The van der Waals surface area contributed by atoms with E-state index >= 15 is 0 Å². The summed E-state index contributed by atoms with van der Waals surface area (Å²) >= 11 is 0. The number of hydrogen-bond donors (Lipinski definition) is 1. The predicted molar refractivity (Wildman–Crippen MR) is 58.6 cm³/mol. The van der Waals surface area contributed by atoms with Crippen molar-refractivity contribution < 1.29 is 14.6 Å². The van der Waals surface area contributed by atoms with Crippen molar-refractivity contribution in [2.75, 3.05) is 6.61 Å². The van der Waals surface area contributed by atoms with E-state index in [0.29, 0.717) is 12.2 Å². The summed E-state index contributed by atoms with van der Waals surface area (Å²) in [6.07, 6.45) is 0. The molecular formula is C11H13NO4. The van der Waals surface area contributed by atoms with Crippen LogP contribution in [0, 0.1) is 4.91 Å². The molecule has 0 aliphatic heterocycles. The van der Waals surface area contributed by atoms with E-state index < -0.39 is 5.92 Å². The Balaban J connectivity index is 2.95. The average molecular weight is 223 g/mol. The highest BCUT2D eigenvalue weighted by Crippen LogP contribution is 2.30. The van der Waals surface area contributed by atoms with Crippen molar-refractivity contribution in [3.05, 3.63) is 28.7 Å². The van der Waals surface area contributed by atoms with Gasteiger partial charge in [-0.25, -0.2) is 0 Å². The van der Waals surface area contributed by atoms with Crippen LogP contribution in [-0.2, 0) is 9.53 Å². The molecule has 0 bridgehead atoms. The van der Waals surface area contributed by atoms with E-state index in [1.807, 2.05) is 0 Å². The second-order valence-electron chi connectivity index (χ2n) is 3.31. The molecule has 0 amide bonds. The van der Waals surface area contributed by atoms with Crippen LogP contribution in [0.3, 0.4) is 0 Å². The summed E-state index contributed by atoms with van der Waals surface area (Å²) in [4.78, 5) is 21.8. The van der Waals surface area contributed by atoms with Crippen LogP contribution in [0.5, 0.6) is 5.75 Å².